The molecule has 1 aliphatic heterocycles. The van der Waals surface area contributed by atoms with E-state index in [1.165, 1.54) is 50.1 Å². The van der Waals surface area contributed by atoms with E-state index in [0.717, 1.165) is 11.5 Å². The number of fused-ring (bicyclic) bond motifs is 5. The summed E-state index contributed by atoms with van der Waals surface area (Å²) in [5.74, 6) is 1.90. The fourth-order valence-corrected chi connectivity index (χ4v) is 6.38. The highest BCUT2D eigenvalue weighted by molar-refractivity contribution is 5.86. The van der Waals surface area contributed by atoms with Crippen LogP contribution < -0.4 is 4.74 Å². The van der Waals surface area contributed by atoms with Crippen molar-refractivity contribution in [2.45, 2.75) is 31.6 Å². The summed E-state index contributed by atoms with van der Waals surface area (Å²) in [7, 11) is 0. The lowest BCUT2D eigenvalue weighted by Crippen LogP contribution is -2.24. The molecular formula is C35H28O. The largest absolute Gasteiger partial charge is 0.457 e. The second kappa shape index (κ2) is 7.45. The second-order valence-electron chi connectivity index (χ2n) is 10.7. The molecule has 1 nitrogen and oxygen atoms in total. The Hall–Kier alpha value is -4.10. The maximum absolute atomic E-state index is 6.31. The highest BCUT2D eigenvalue weighted by atomic mass is 16.5. The number of benzene rings is 5. The summed E-state index contributed by atoms with van der Waals surface area (Å²) in [6.07, 6.45) is 0. The Morgan fingerprint density at radius 3 is 1.86 bits per heavy atom. The van der Waals surface area contributed by atoms with Gasteiger partial charge in [0.1, 0.15) is 11.5 Å². The van der Waals surface area contributed by atoms with E-state index in [0.29, 0.717) is 0 Å². The Bertz CT molecular complexity index is 1640. The Kier molecular flexibility index (Phi) is 4.39. The van der Waals surface area contributed by atoms with Gasteiger partial charge >= 0.3 is 0 Å². The van der Waals surface area contributed by atoms with Crippen LogP contribution in [0, 0.1) is 0 Å². The Morgan fingerprint density at radius 2 is 1.06 bits per heavy atom. The van der Waals surface area contributed by atoms with Crippen LogP contribution >= 0.6 is 0 Å². The minimum Gasteiger partial charge on any atom is -0.457 e. The molecule has 36 heavy (non-hydrogen) atoms. The molecule has 1 aliphatic carbocycles. The van der Waals surface area contributed by atoms with Crippen molar-refractivity contribution in [3.05, 3.63) is 143 Å². The van der Waals surface area contributed by atoms with Crippen molar-refractivity contribution < 1.29 is 4.74 Å². The van der Waals surface area contributed by atoms with Crippen LogP contribution in [0.4, 0.5) is 0 Å². The normalized spacial score (nSPS) is 18.4. The predicted octanol–water partition coefficient (Wildman–Crippen LogP) is 9.12. The summed E-state index contributed by atoms with van der Waals surface area (Å²) >= 11 is 0. The van der Waals surface area contributed by atoms with Crippen molar-refractivity contribution in [1.82, 2.24) is 0 Å². The van der Waals surface area contributed by atoms with Gasteiger partial charge in [-0.1, -0.05) is 105 Å². The maximum Gasteiger partial charge on any atom is 0.131 e. The van der Waals surface area contributed by atoms with Crippen LogP contribution in [0.25, 0.3) is 22.3 Å². The van der Waals surface area contributed by atoms with Gasteiger partial charge in [0.15, 0.2) is 0 Å². The van der Waals surface area contributed by atoms with Gasteiger partial charge in [0.05, 0.1) is 0 Å². The van der Waals surface area contributed by atoms with Crippen LogP contribution in [0.5, 0.6) is 11.5 Å². The van der Waals surface area contributed by atoms with Crippen molar-refractivity contribution in [2.24, 2.45) is 0 Å². The number of hydrogen-bond acceptors (Lipinski definition) is 1. The summed E-state index contributed by atoms with van der Waals surface area (Å²) in [6.45, 7) is 6.96. The van der Waals surface area contributed by atoms with Gasteiger partial charge in [-0.2, -0.15) is 0 Å². The van der Waals surface area contributed by atoms with E-state index in [-0.39, 0.29) is 10.8 Å². The molecule has 1 unspecified atom stereocenters. The van der Waals surface area contributed by atoms with Gasteiger partial charge < -0.3 is 4.74 Å². The number of ether oxygens (including phenoxy) is 1. The molecule has 5 aromatic rings. The third kappa shape index (κ3) is 2.83. The highest BCUT2D eigenvalue weighted by Gasteiger charge is 2.41. The summed E-state index contributed by atoms with van der Waals surface area (Å²) < 4.78 is 6.31. The summed E-state index contributed by atoms with van der Waals surface area (Å²) in [5.41, 5.74) is 11.3. The zero-order valence-electron chi connectivity index (χ0n) is 20.9. The highest BCUT2D eigenvalue weighted by Crippen LogP contribution is 2.54. The fraction of sp³-hybridized carbons (Fsp3) is 0.143. The molecule has 0 spiro atoms. The lowest BCUT2D eigenvalue weighted by Gasteiger charge is -2.34. The van der Waals surface area contributed by atoms with E-state index in [4.69, 9.17) is 4.74 Å². The first-order valence-corrected chi connectivity index (χ1v) is 12.7. The molecule has 0 fully saturated rings. The van der Waals surface area contributed by atoms with Gasteiger partial charge in [-0.05, 0) is 70.1 Å². The Balaban J connectivity index is 1.40. The lowest BCUT2D eigenvalue weighted by molar-refractivity contribution is 0.418. The Labute approximate surface area is 213 Å². The SMILES string of the molecule is CC1(C)c2ccccc2Oc2ccc(-c3ccc4c(c3)C(C)(c3ccccc3)c3ccccc3-4)cc21. The van der Waals surface area contributed by atoms with Gasteiger partial charge in [-0.25, -0.2) is 0 Å². The summed E-state index contributed by atoms with van der Waals surface area (Å²) in [4.78, 5) is 0. The minimum atomic E-state index is -0.196. The first-order chi connectivity index (χ1) is 17.5. The molecule has 1 heterocycles. The van der Waals surface area contributed by atoms with Gasteiger partial charge in [-0.3, -0.25) is 0 Å². The quantitative estimate of drug-likeness (QED) is 0.253. The van der Waals surface area contributed by atoms with Crippen LogP contribution in [0.1, 0.15) is 48.6 Å². The van der Waals surface area contributed by atoms with E-state index >= 15 is 0 Å². The van der Waals surface area contributed by atoms with Crippen molar-refractivity contribution in [3.8, 4) is 33.8 Å². The monoisotopic (exact) mass is 464 g/mol. The third-order valence-electron chi connectivity index (χ3n) is 8.43. The Morgan fingerprint density at radius 1 is 0.472 bits per heavy atom. The zero-order valence-corrected chi connectivity index (χ0v) is 20.9. The molecule has 0 amide bonds. The predicted molar refractivity (Wildman–Crippen MR) is 148 cm³/mol. The molecular weight excluding hydrogens is 436 g/mol. The van der Waals surface area contributed by atoms with Gasteiger partial charge in [0.25, 0.3) is 0 Å². The molecule has 0 radical (unpaired) electrons. The van der Waals surface area contributed by atoms with Crippen LogP contribution in [0.3, 0.4) is 0 Å². The molecule has 5 aromatic carbocycles. The maximum atomic E-state index is 6.31. The van der Waals surface area contributed by atoms with Crippen LogP contribution in [0.15, 0.2) is 115 Å². The van der Waals surface area contributed by atoms with Crippen molar-refractivity contribution >= 4 is 0 Å². The number of para-hydroxylation sites is 1. The first-order valence-electron chi connectivity index (χ1n) is 12.7. The molecule has 0 saturated heterocycles. The van der Waals surface area contributed by atoms with E-state index in [9.17, 15) is 0 Å². The molecule has 2 aliphatic rings. The fourth-order valence-electron chi connectivity index (χ4n) is 6.38. The molecule has 7 rings (SSSR count). The summed E-state index contributed by atoms with van der Waals surface area (Å²) in [5, 5.41) is 0. The average molecular weight is 465 g/mol. The summed E-state index contributed by atoms with van der Waals surface area (Å²) in [6, 6.07) is 41.8. The molecule has 0 aromatic heterocycles. The molecule has 0 N–H and O–H groups in total. The van der Waals surface area contributed by atoms with Crippen molar-refractivity contribution in [3.63, 3.8) is 0 Å². The smallest absolute Gasteiger partial charge is 0.131 e. The molecule has 1 heteroatoms. The molecule has 174 valence electrons. The van der Waals surface area contributed by atoms with Crippen molar-refractivity contribution in [2.75, 3.05) is 0 Å². The lowest BCUT2D eigenvalue weighted by atomic mass is 9.73. The van der Waals surface area contributed by atoms with E-state index < -0.39 is 0 Å². The van der Waals surface area contributed by atoms with Gasteiger partial charge in [-0.15, -0.1) is 0 Å². The zero-order chi connectivity index (χ0) is 24.5. The molecule has 1 atom stereocenters. The first kappa shape index (κ1) is 21.2. The third-order valence-corrected chi connectivity index (χ3v) is 8.43. The molecule has 0 bridgehead atoms. The topological polar surface area (TPSA) is 9.23 Å². The second-order valence-corrected chi connectivity index (χ2v) is 10.7. The van der Waals surface area contributed by atoms with Gasteiger partial charge in [0.2, 0.25) is 0 Å². The van der Waals surface area contributed by atoms with Crippen molar-refractivity contribution in [1.29, 1.82) is 0 Å². The number of hydrogen-bond donors (Lipinski definition) is 0. The van der Waals surface area contributed by atoms with E-state index in [2.05, 4.69) is 130 Å². The van der Waals surface area contributed by atoms with Crippen LogP contribution in [0.2, 0.25) is 0 Å². The van der Waals surface area contributed by atoms with Gasteiger partial charge in [0, 0.05) is 22.0 Å². The van der Waals surface area contributed by atoms with Crippen LogP contribution in [-0.4, -0.2) is 0 Å². The minimum absolute atomic E-state index is 0.133. The molecule has 0 saturated carbocycles. The standard InChI is InChI=1S/C35H28O/c1-34(2)29-15-9-10-16-32(29)36-33-20-18-24(22-31(33)34)23-17-19-27-26-13-7-8-14-28(26)35(3,30(27)21-23)25-11-5-4-6-12-25/h4-22H,1-3H3. The van der Waals surface area contributed by atoms with Crippen LogP contribution in [-0.2, 0) is 10.8 Å². The average Bonchev–Trinajstić information content (AvgIpc) is 3.18. The van der Waals surface area contributed by atoms with E-state index in [1.807, 2.05) is 6.07 Å². The van der Waals surface area contributed by atoms with E-state index in [1.54, 1.807) is 0 Å². The number of rotatable bonds is 2.